The number of hydrogen-bond acceptors (Lipinski definition) is 3. The van der Waals surface area contributed by atoms with E-state index in [0.717, 1.165) is 18.0 Å². The predicted molar refractivity (Wildman–Crippen MR) is 68.1 cm³/mol. The first-order chi connectivity index (χ1) is 8.25. The first kappa shape index (κ1) is 12.2. The minimum atomic E-state index is 0.109. The molecule has 0 atom stereocenters. The zero-order chi connectivity index (χ0) is 12.1. The number of aromatic hydroxyl groups is 2. The highest BCUT2D eigenvalue weighted by Crippen LogP contribution is 2.27. The van der Waals surface area contributed by atoms with Gasteiger partial charge in [0.2, 0.25) is 0 Å². The number of phenols is 2. The maximum absolute atomic E-state index is 9.60. The molecule has 2 rings (SSSR count). The van der Waals surface area contributed by atoms with Gasteiger partial charge in [0, 0.05) is 18.2 Å². The van der Waals surface area contributed by atoms with Gasteiger partial charge in [0.1, 0.15) is 11.5 Å². The van der Waals surface area contributed by atoms with E-state index in [4.69, 9.17) is 0 Å². The van der Waals surface area contributed by atoms with Crippen LogP contribution in [0, 0.1) is 5.92 Å². The summed E-state index contributed by atoms with van der Waals surface area (Å²) in [5, 5.41) is 22.1. The summed E-state index contributed by atoms with van der Waals surface area (Å²) in [4.78, 5) is 0. The molecule has 3 N–H and O–H groups in total. The molecule has 0 aromatic heterocycles. The van der Waals surface area contributed by atoms with Gasteiger partial charge in [0.05, 0.1) is 0 Å². The van der Waals surface area contributed by atoms with Gasteiger partial charge in [-0.15, -0.1) is 0 Å². The Morgan fingerprint density at radius 1 is 1.18 bits per heavy atom. The summed E-state index contributed by atoms with van der Waals surface area (Å²) in [7, 11) is 0. The molecular formula is C14H21NO2. The Kier molecular flexibility index (Phi) is 4.26. The Morgan fingerprint density at radius 2 is 1.94 bits per heavy atom. The number of rotatable bonds is 5. The fourth-order valence-corrected chi connectivity index (χ4v) is 2.53. The van der Waals surface area contributed by atoms with E-state index in [1.54, 1.807) is 12.1 Å². The molecule has 0 unspecified atom stereocenters. The Balaban J connectivity index is 1.70. The van der Waals surface area contributed by atoms with Gasteiger partial charge in [-0.2, -0.15) is 0 Å². The zero-order valence-electron chi connectivity index (χ0n) is 10.2. The highest BCUT2D eigenvalue weighted by atomic mass is 16.3. The zero-order valence-corrected chi connectivity index (χ0v) is 10.2. The first-order valence-corrected chi connectivity index (χ1v) is 6.47. The summed E-state index contributed by atoms with van der Waals surface area (Å²) < 4.78 is 0. The van der Waals surface area contributed by atoms with Crippen molar-refractivity contribution in [3.05, 3.63) is 23.8 Å². The van der Waals surface area contributed by atoms with Crippen LogP contribution in [0.15, 0.2) is 18.2 Å². The van der Waals surface area contributed by atoms with Gasteiger partial charge in [-0.05, 0) is 24.9 Å². The highest BCUT2D eigenvalue weighted by molar-refractivity contribution is 5.38. The van der Waals surface area contributed by atoms with Gasteiger partial charge in [0.25, 0.3) is 0 Å². The molecule has 1 saturated carbocycles. The summed E-state index contributed by atoms with van der Waals surface area (Å²) in [6.07, 6.45) is 6.78. The second-order valence-corrected chi connectivity index (χ2v) is 4.93. The summed E-state index contributed by atoms with van der Waals surface area (Å²) in [6.45, 7) is 1.67. The van der Waals surface area contributed by atoms with Crippen LogP contribution in [0.5, 0.6) is 11.5 Å². The second-order valence-electron chi connectivity index (χ2n) is 4.93. The fourth-order valence-electron chi connectivity index (χ4n) is 2.53. The molecule has 0 amide bonds. The van der Waals surface area contributed by atoms with E-state index in [1.807, 2.05) is 0 Å². The second kappa shape index (κ2) is 5.92. The van der Waals surface area contributed by atoms with Crippen LogP contribution in [-0.4, -0.2) is 16.8 Å². The van der Waals surface area contributed by atoms with E-state index in [0.29, 0.717) is 6.54 Å². The molecule has 0 saturated heterocycles. The Hall–Kier alpha value is -1.22. The number of benzene rings is 1. The van der Waals surface area contributed by atoms with E-state index >= 15 is 0 Å². The molecular weight excluding hydrogens is 214 g/mol. The van der Waals surface area contributed by atoms with Crippen LogP contribution < -0.4 is 5.32 Å². The minimum absolute atomic E-state index is 0.109. The molecule has 1 aliphatic carbocycles. The van der Waals surface area contributed by atoms with Crippen LogP contribution in [-0.2, 0) is 6.54 Å². The van der Waals surface area contributed by atoms with E-state index in [-0.39, 0.29) is 11.5 Å². The predicted octanol–water partition coefficient (Wildman–Crippen LogP) is 2.77. The average molecular weight is 235 g/mol. The SMILES string of the molecule is Oc1ccc(CNCCC2CCCC2)c(O)c1. The van der Waals surface area contributed by atoms with E-state index in [9.17, 15) is 10.2 Å². The van der Waals surface area contributed by atoms with Crippen LogP contribution in [0.2, 0.25) is 0 Å². The fraction of sp³-hybridized carbons (Fsp3) is 0.571. The molecule has 1 aliphatic rings. The molecule has 0 radical (unpaired) electrons. The van der Waals surface area contributed by atoms with Crippen LogP contribution >= 0.6 is 0 Å². The Labute approximate surface area is 102 Å². The van der Waals surface area contributed by atoms with E-state index < -0.39 is 0 Å². The standard InChI is InChI=1S/C14H21NO2/c16-13-6-5-12(14(17)9-13)10-15-8-7-11-3-1-2-4-11/h5-6,9,11,15-17H,1-4,7-8,10H2. The van der Waals surface area contributed by atoms with Crippen molar-refractivity contribution < 1.29 is 10.2 Å². The molecule has 1 aromatic carbocycles. The van der Waals surface area contributed by atoms with Crippen LogP contribution in [0.1, 0.15) is 37.7 Å². The van der Waals surface area contributed by atoms with Crippen molar-refractivity contribution in [3.8, 4) is 11.5 Å². The van der Waals surface area contributed by atoms with Crippen molar-refractivity contribution in [1.82, 2.24) is 5.32 Å². The highest BCUT2D eigenvalue weighted by Gasteiger charge is 2.13. The van der Waals surface area contributed by atoms with Crippen molar-refractivity contribution in [2.45, 2.75) is 38.6 Å². The van der Waals surface area contributed by atoms with Crippen LogP contribution in [0.25, 0.3) is 0 Å². The Bertz CT molecular complexity index is 359. The van der Waals surface area contributed by atoms with Gasteiger partial charge >= 0.3 is 0 Å². The third kappa shape index (κ3) is 3.63. The summed E-state index contributed by atoms with van der Waals surface area (Å²) in [6, 6.07) is 4.74. The molecule has 3 nitrogen and oxygen atoms in total. The van der Waals surface area contributed by atoms with Crippen LogP contribution in [0.4, 0.5) is 0 Å². The molecule has 3 heteroatoms. The number of nitrogens with one attached hydrogen (secondary N) is 1. The molecule has 17 heavy (non-hydrogen) atoms. The van der Waals surface area contributed by atoms with Crippen molar-refractivity contribution in [2.75, 3.05) is 6.54 Å². The lowest BCUT2D eigenvalue weighted by atomic mass is 10.0. The third-order valence-electron chi connectivity index (χ3n) is 3.59. The third-order valence-corrected chi connectivity index (χ3v) is 3.59. The Morgan fingerprint density at radius 3 is 2.65 bits per heavy atom. The van der Waals surface area contributed by atoms with Crippen molar-refractivity contribution in [3.63, 3.8) is 0 Å². The largest absolute Gasteiger partial charge is 0.508 e. The smallest absolute Gasteiger partial charge is 0.123 e. The lowest BCUT2D eigenvalue weighted by Gasteiger charge is -2.10. The van der Waals surface area contributed by atoms with Gasteiger partial charge in [-0.1, -0.05) is 31.7 Å². The van der Waals surface area contributed by atoms with E-state index in [2.05, 4.69) is 5.32 Å². The van der Waals surface area contributed by atoms with E-state index in [1.165, 1.54) is 38.2 Å². The molecule has 0 aliphatic heterocycles. The topological polar surface area (TPSA) is 52.5 Å². The maximum Gasteiger partial charge on any atom is 0.123 e. The minimum Gasteiger partial charge on any atom is -0.508 e. The van der Waals surface area contributed by atoms with Crippen molar-refractivity contribution in [2.24, 2.45) is 5.92 Å². The van der Waals surface area contributed by atoms with Gasteiger partial charge in [-0.3, -0.25) is 0 Å². The molecule has 1 aromatic rings. The first-order valence-electron chi connectivity index (χ1n) is 6.47. The van der Waals surface area contributed by atoms with Crippen molar-refractivity contribution in [1.29, 1.82) is 0 Å². The lowest BCUT2D eigenvalue weighted by Crippen LogP contribution is -2.17. The molecule has 0 heterocycles. The summed E-state index contributed by atoms with van der Waals surface area (Å²) in [5.41, 5.74) is 0.842. The van der Waals surface area contributed by atoms with Crippen LogP contribution in [0.3, 0.4) is 0 Å². The summed E-state index contributed by atoms with van der Waals surface area (Å²) in [5.74, 6) is 1.17. The summed E-state index contributed by atoms with van der Waals surface area (Å²) >= 11 is 0. The quantitative estimate of drug-likeness (QED) is 0.688. The lowest BCUT2D eigenvalue weighted by molar-refractivity contribution is 0.440. The maximum atomic E-state index is 9.60. The number of hydrogen-bond donors (Lipinski definition) is 3. The molecule has 94 valence electrons. The number of phenolic OH excluding ortho intramolecular Hbond substituents is 2. The average Bonchev–Trinajstić information content (AvgIpc) is 2.79. The molecule has 0 bridgehead atoms. The van der Waals surface area contributed by atoms with Gasteiger partial charge in [0.15, 0.2) is 0 Å². The van der Waals surface area contributed by atoms with Crippen molar-refractivity contribution >= 4 is 0 Å². The molecule has 1 fully saturated rings. The molecule has 0 spiro atoms. The van der Waals surface area contributed by atoms with Gasteiger partial charge < -0.3 is 15.5 Å². The normalized spacial score (nSPS) is 16.5. The van der Waals surface area contributed by atoms with Gasteiger partial charge in [-0.25, -0.2) is 0 Å². The monoisotopic (exact) mass is 235 g/mol.